The van der Waals surface area contributed by atoms with Crippen molar-refractivity contribution in [3.8, 4) is 5.75 Å². The van der Waals surface area contributed by atoms with E-state index in [1.807, 2.05) is 43.3 Å². The van der Waals surface area contributed by atoms with Crippen LogP contribution in [0.1, 0.15) is 37.9 Å². The molecule has 1 aromatic heterocycles. The minimum absolute atomic E-state index is 0.227. The lowest BCUT2D eigenvalue weighted by atomic mass is 9.96. The SMILES string of the molecule is CCOC(=O)C1=C(C)N=c2sc(=Cc3cc(Br)cc(Br)c3OCC)c(=O)n2[C@@H]1c1ccc(Br)cc1. The van der Waals surface area contributed by atoms with E-state index in [1.54, 1.807) is 24.5 Å². The second-order valence-corrected chi connectivity index (χ2v) is 11.3. The van der Waals surface area contributed by atoms with Crippen molar-refractivity contribution in [2.24, 2.45) is 4.99 Å². The lowest BCUT2D eigenvalue weighted by Gasteiger charge is -2.24. The maximum Gasteiger partial charge on any atom is 0.338 e. The second-order valence-electron chi connectivity index (χ2n) is 7.59. The molecule has 0 bridgehead atoms. The highest BCUT2D eigenvalue weighted by atomic mass is 79.9. The standard InChI is InChI=1S/C25H21Br3N2O4S/c1-4-33-22-15(10-17(27)12-18(22)28)11-19-23(31)30-21(14-6-8-16(26)9-7-14)20(24(32)34-5-2)13(3)29-25(30)35-19/h6-12,21H,4-5H2,1-3H3/t21-/m1/s1. The number of nitrogens with zero attached hydrogens (tertiary/aromatic N) is 2. The van der Waals surface area contributed by atoms with Gasteiger partial charge in [0, 0.05) is 14.5 Å². The Balaban J connectivity index is 1.97. The minimum Gasteiger partial charge on any atom is -0.492 e. The number of fused-ring (bicyclic) bond motifs is 1. The van der Waals surface area contributed by atoms with Gasteiger partial charge in [0.2, 0.25) is 0 Å². The first-order valence-electron chi connectivity index (χ1n) is 10.8. The number of allylic oxidation sites excluding steroid dienone is 1. The fourth-order valence-corrected chi connectivity index (χ4v) is 6.55. The summed E-state index contributed by atoms with van der Waals surface area (Å²) in [6.45, 7) is 6.14. The van der Waals surface area contributed by atoms with Crippen molar-refractivity contribution in [2.45, 2.75) is 26.8 Å². The van der Waals surface area contributed by atoms with Gasteiger partial charge < -0.3 is 9.47 Å². The first kappa shape index (κ1) is 26.1. The van der Waals surface area contributed by atoms with E-state index in [4.69, 9.17) is 9.47 Å². The van der Waals surface area contributed by atoms with Gasteiger partial charge in [-0.25, -0.2) is 9.79 Å². The number of esters is 1. The summed E-state index contributed by atoms with van der Waals surface area (Å²) in [5, 5.41) is 0. The molecule has 0 aliphatic carbocycles. The summed E-state index contributed by atoms with van der Waals surface area (Å²) in [6, 6.07) is 10.7. The molecule has 10 heteroatoms. The molecule has 1 atom stereocenters. The van der Waals surface area contributed by atoms with E-state index in [1.165, 1.54) is 11.3 Å². The molecule has 1 aliphatic heterocycles. The quantitative estimate of drug-likeness (QED) is 0.323. The van der Waals surface area contributed by atoms with Crippen LogP contribution in [-0.4, -0.2) is 23.8 Å². The molecule has 4 rings (SSSR count). The molecule has 0 spiro atoms. The van der Waals surface area contributed by atoms with Crippen LogP contribution in [0.5, 0.6) is 5.75 Å². The summed E-state index contributed by atoms with van der Waals surface area (Å²) < 4.78 is 15.8. The molecule has 3 aromatic rings. The lowest BCUT2D eigenvalue weighted by molar-refractivity contribution is -0.139. The van der Waals surface area contributed by atoms with Gasteiger partial charge >= 0.3 is 5.97 Å². The number of benzene rings is 2. The fraction of sp³-hybridized carbons (Fsp3) is 0.240. The number of thiazole rings is 1. The Morgan fingerprint density at radius 2 is 1.83 bits per heavy atom. The molecule has 2 aromatic carbocycles. The smallest absolute Gasteiger partial charge is 0.338 e. The Bertz CT molecular complexity index is 1510. The molecule has 182 valence electrons. The topological polar surface area (TPSA) is 69.9 Å². The van der Waals surface area contributed by atoms with E-state index in [0.717, 1.165) is 24.5 Å². The normalized spacial score (nSPS) is 15.6. The van der Waals surface area contributed by atoms with Crippen molar-refractivity contribution >= 4 is 71.2 Å². The molecule has 35 heavy (non-hydrogen) atoms. The second kappa shape index (κ2) is 10.9. The minimum atomic E-state index is -0.652. The Hall–Kier alpha value is -2.01. The van der Waals surface area contributed by atoms with Crippen LogP contribution in [0.3, 0.4) is 0 Å². The van der Waals surface area contributed by atoms with Crippen LogP contribution in [0.25, 0.3) is 6.08 Å². The number of ether oxygens (including phenoxy) is 2. The lowest BCUT2D eigenvalue weighted by Crippen LogP contribution is -2.39. The van der Waals surface area contributed by atoms with Crippen molar-refractivity contribution in [1.82, 2.24) is 4.57 Å². The zero-order valence-corrected chi connectivity index (χ0v) is 24.7. The van der Waals surface area contributed by atoms with Gasteiger partial charge in [0.15, 0.2) is 4.80 Å². The zero-order valence-electron chi connectivity index (χ0n) is 19.1. The third-order valence-electron chi connectivity index (χ3n) is 5.32. The third kappa shape index (κ3) is 5.26. The fourth-order valence-electron chi connectivity index (χ4n) is 3.88. The van der Waals surface area contributed by atoms with Gasteiger partial charge in [0.05, 0.1) is 39.5 Å². The van der Waals surface area contributed by atoms with Crippen molar-refractivity contribution in [3.05, 3.63) is 91.9 Å². The Kier molecular flexibility index (Phi) is 8.15. The van der Waals surface area contributed by atoms with Gasteiger partial charge in [-0.15, -0.1) is 0 Å². The summed E-state index contributed by atoms with van der Waals surface area (Å²) in [7, 11) is 0. The molecular formula is C25H21Br3N2O4S. The van der Waals surface area contributed by atoms with Gasteiger partial charge in [-0.2, -0.15) is 0 Å². The predicted octanol–water partition coefficient (Wildman–Crippen LogP) is 5.48. The number of carbonyl (C=O) groups is 1. The predicted molar refractivity (Wildman–Crippen MR) is 148 cm³/mol. The third-order valence-corrected chi connectivity index (χ3v) is 7.87. The zero-order chi connectivity index (χ0) is 25.3. The van der Waals surface area contributed by atoms with Gasteiger partial charge in [0.25, 0.3) is 5.56 Å². The number of hydrogen-bond donors (Lipinski definition) is 0. The van der Waals surface area contributed by atoms with Gasteiger partial charge in [-0.1, -0.05) is 55.3 Å². The number of aromatic nitrogens is 1. The molecule has 2 heterocycles. The highest BCUT2D eigenvalue weighted by Gasteiger charge is 2.33. The molecular weight excluding hydrogens is 664 g/mol. The molecule has 0 N–H and O–H groups in total. The largest absolute Gasteiger partial charge is 0.492 e. The van der Waals surface area contributed by atoms with Crippen LogP contribution in [0, 0.1) is 0 Å². The molecule has 0 fully saturated rings. The highest BCUT2D eigenvalue weighted by molar-refractivity contribution is 9.11. The van der Waals surface area contributed by atoms with Crippen molar-refractivity contribution in [2.75, 3.05) is 13.2 Å². The van der Waals surface area contributed by atoms with Crippen LogP contribution in [-0.2, 0) is 9.53 Å². The van der Waals surface area contributed by atoms with E-state index in [0.29, 0.717) is 33.0 Å². The van der Waals surface area contributed by atoms with Gasteiger partial charge in [0.1, 0.15) is 5.75 Å². The van der Waals surface area contributed by atoms with Crippen molar-refractivity contribution in [1.29, 1.82) is 0 Å². The van der Waals surface area contributed by atoms with Crippen molar-refractivity contribution < 1.29 is 14.3 Å². The average Bonchev–Trinajstić information content (AvgIpc) is 3.10. The number of hydrogen-bond acceptors (Lipinski definition) is 6. The molecule has 0 saturated heterocycles. The maximum absolute atomic E-state index is 13.8. The van der Waals surface area contributed by atoms with E-state index in [2.05, 4.69) is 52.8 Å². The van der Waals surface area contributed by atoms with E-state index in [-0.39, 0.29) is 12.2 Å². The average molecular weight is 685 g/mol. The monoisotopic (exact) mass is 682 g/mol. The summed E-state index contributed by atoms with van der Waals surface area (Å²) in [6.07, 6.45) is 1.80. The van der Waals surface area contributed by atoms with Crippen LogP contribution in [0.2, 0.25) is 0 Å². The summed E-state index contributed by atoms with van der Waals surface area (Å²) >= 11 is 11.8. The van der Waals surface area contributed by atoms with Gasteiger partial charge in [-0.3, -0.25) is 9.36 Å². The number of halogens is 3. The molecule has 0 unspecified atom stereocenters. The molecule has 0 radical (unpaired) electrons. The summed E-state index contributed by atoms with van der Waals surface area (Å²) in [5.74, 6) is 0.167. The summed E-state index contributed by atoms with van der Waals surface area (Å²) in [4.78, 5) is 31.9. The maximum atomic E-state index is 13.8. The highest BCUT2D eigenvalue weighted by Crippen LogP contribution is 2.34. The Labute approximate surface area is 231 Å². The first-order valence-corrected chi connectivity index (χ1v) is 14.0. The van der Waals surface area contributed by atoms with E-state index < -0.39 is 12.0 Å². The van der Waals surface area contributed by atoms with E-state index >= 15 is 0 Å². The van der Waals surface area contributed by atoms with Crippen LogP contribution in [0.15, 0.2) is 70.9 Å². The van der Waals surface area contributed by atoms with Crippen LogP contribution in [0.4, 0.5) is 0 Å². The van der Waals surface area contributed by atoms with Crippen LogP contribution < -0.4 is 19.6 Å². The Morgan fingerprint density at radius 1 is 1.11 bits per heavy atom. The molecule has 0 amide bonds. The molecule has 0 saturated carbocycles. The van der Waals surface area contributed by atoms with Gasteiger partial charge in [-0.05, 0) is 72.6 Å². The van der Waals surface area contributed by atoms with Crippen LogP contribution >= 0.6 is 59.1 Å². The molecule has 1 aliphatic rings. The Morgan fingerprint density at radius 3 is 2.49 bits per heavy atom. The first-order chi connectivity index (χ1) is 16.7. The van der Waals surface area contributed by atoms with E-state index in [9.17, 15) is 9.59 Å². The number of carbonyl (C=O) groups excluding carboxylic acids is 1. The van der Waals surface area contributed by atoms with Crippen molar-refractivity contribution in [3.63, 3.8) is 0 Å². The summed E-state index contributed by atoms with van der Waals surface area (Å²) in [5.41, 5.74) is 2.19. The molecule has 6 nitrogen and oxygen atoms in total. The number of rotatable bonds is 6.